The number of nitrogens with one attached hydrogen (secondary N) is 1. The molecule has 3 nitrogen and oxygen atoms in total. The third-order valence-electron chi connectivity index (χ3n) is 3.73. The smallest absolute Gasteiger partial charge is 0.0641 e. The first kappa shape index (κ1) is 16.9. The van der Waals surface area contributed by atoms with E-state index < -0.39 is 0 Å². The summed E-state index contributed by atoms with van der Waals surface area (Å²) >= 11 is 0. The Morgan fingerprint density at radius 3 is 2.18 bits per heavy atom. The monoisotopic (exact) mass is 244 g/mol. The Bertz CT molecular complexity index is 195. The molecule has 0 rings (SSSR count). The van der Waals surface area contributed by atoms with Crippen LogP contribution in [0.4, 0.5) is 0 Å². The maximum absolute atomic E-state index is 5.81. The fraction of sp³-hybridized carbons (Fsp3) is 1.00. The molecular formula is C14H32N2O. The van der Waals surface area contributed by atoms with E-state index in [0.29, 0.717) is 12.1 Å². The van der Waals surface area contributed by atoms with E-state index in [4.69, 9.17) is 4.74 Å². The SMILES string of the molecule is CCCNC(COC(C)C)C(C)(CC)N(C)C. The molecule has 0 aliphatic heterocycles. The summed E-state index contributed by atoms with van der Waals surface area (Å²) in [5.74, 6) is 0. The van der Waals surface area contributed by atoms with Crippen LogP contribution in [0.5, 0.6) is 0 Å². The summed E-state index contributed by atoms with van der Waals surface area (Å²) in [6, 6.07) is 0.379. The first-order valence-electron chi connectivity index (χ1n) is 6.90. The van der Waals surface area contributed by atoms with Gasteiger partial charge in [0.1, 0.15) is 0 Å². The number of likely N-dealkylation sites (N-methyl/N-ethyl adjacent to an activating group) is 1. The van der Waals surface area contributed by atoms with Gasteiger partial charge in [0.2, 0.25) is 0 Å². The van der Waals surface area contributed by atoms with Crippen LogP contribution in [-0.2, 0) is 4.74 Å². The van der Waals surface area contributed by atoms with E-state index in [-0.39, 0.29) is 5.54 Å². The van der Waals surface area contributed by atoms with E-state index in [1.165, 1.54) is 0 Å². The Kier molecular flexibility index (Phi) is 8.01. The standard InChI is InChI=1S/C14H32N2O/c1-8-10-15-13(11-17-12(3)4)14(5,9-2)16(6)7/h12-13,15H,8-11H2,1-7H3. The molecule has 0 radical (unpaired) electrons. The van der Waals surface area contributed by atoms with E-state index in [0.717, 1.165) is 26.0 Å². The molecule has 2 unspecified atom stereocenters. The molecular weight excluding hydrogens is 212 g/mol. The van der Waals surface area contributed by atoms with Crippen molar-refractivity contribution < 1.29 is 4.74 Å². The van der Waals surface area contributed by atoms with Crippen molar-refractivity contribution in [2.24, 2.45) is 0 Å². The van der Waals surface area contributed by atoms with Crippen LogP contribution in [0.1, 0.15) is 47.5 Å². The predicted octanol–water partition coefficient (Wildman–Crippen LogP) is 2.51. The fourth-order valence-electron chi connectivity index (χ4n) is 1.94. The molecule has 1 N–H and O–H groups in total. The van der Waals surface area contributed by atoms with Crippen LogP contribution in [0.25, 0.3) is 0 Å². The zero-order valence-corrected chi connectivity index (χ0v) is 12.8. The van der Waals surface area contributed by atoms with Crippen molar-refractivity contribution in [3.05, 3.63) is 0 Å². The second-order valence-electron chi connectivity index (χ2n) is 5.49. The van der Waals surface area contributed by atoms with Crippen molar-refractivity contribution in [2.45, 2.75) is 65.1 Å². The lowest BCUT2D eigenvalue weighted by Gasteiger charge is -2.43. The van der Waals surface area contributed by atoms with Crippen molar-refractivity contribution in [1.29, 1.82) is 0 Å². The van der Waals surface area contributed by atoms with Gasteiger partial charge in [0.25, 0.3) is 0 Å². The average Bonchev–Trinajstić information content (AvgIpc) is 2.27. The van der Waals surface area contributed by atoms with Gasteiger partial charge in [-0.3, -0.25) is 0 Å². The first-order valence-corrected chi connectivity index (χ1v) is 6.90. The largest absolute Gasteiger partial charge is 0.377 e. The summed E-state index contributed by atoms with van der Waals surface area (Å²) in [5, 5.41) is 3.63. The van der Waals surface area contributed by atoms with Crippen LogP contribution < -0.4 is 5.32 Å². The maximum atomic E-state index is 5.81. The van der Waals surface area contributed by atoms with Gasteiger partial charge in [-0.2, -0.15) is 0 Å². The third kappa shape index (κ3) is 5.36. The van der Waals surface area contributed by atoms with E-state index in [1.807, 2.05) is 0 Å². The molecule has 3 heteroatoms. The molecule has 0 amide bonds. The highest BCUT2D eigenvalue weighted by Gasteiger charge is 2.34. The molecule has 104 valence electrons. The molecule has 0 aliphatic carbocycles. The minimum atomic E-state index is 0.143. The summed E-state index contributed by atoms with van der Waals surface area (Å²) in [5.41, 5.74) is 0.143. The number of hydrogen-bond donors (Lipinski definition) is 1. The van der Waals surface area contributed by atoms with E-state index in [2.05, 4.69) is 58.9 Å². The minimum Gasteiger partial charge on any atom is -0.377 e. The highest BCUT2D eigenvalue weighted by molar-refractivity contribution is 4.94. The van der Waals surface area contributed by atoms with Gasteiger partial charge >= 0.3 is 0 Å². The van der Waals surface area contributed by atoms with Gasteiger partial charge in [-0.25, -0.2) is 0 Å². The molecule has 2 atom stereocenters. The number of rotatable bonds is 9. The normalized spacial score (nSPS) is 17.5. The Morgan fingerprint density at radius 2 is 1.82 bits per heavy atom. The third-order valence-corrected chi connectivity index (χ3v) is 3.73. The van der Waals surface area contributed by atoms with Gasteiger partial charge in [0.15, 0.2) is 0 Å². The van der Waals surface area contributed by atoms with E-state index in [1.54, 1.807) is 0 Å². The molecule has 0 saturated carbocycles. The Hall–Kier alpha value is -0.120. The molecule has 0 aromatic heterocycles. The molecule has 0 bridgehead atoms. The fourth-order valence-corrected chi connectivity index (χ4v) is 1.94. The lowest BCUT2D eigenvalue weighted by molar-refractivity contribution is 0.0113. The predicted molar refractivity (Wildman–Crippen MR) is 75.6 cm³/mol. The van der Waals surface area contributed by atoms with E-state index >= 15 is 0 Å². The number of ether oxygens (including phenoxy) is 1. The van der Waals surface area contributed by atoms with Crippen LogP contribution in [0.3, 0.4) is 0 Å². The highest BCUT2D eigenvalue weighted by Crippen LogP contribution is 2.21. The second-order valence-corrected chi connectivity index (χ2v) is 5.49. The molecule has 0 saturated heterocycles. The van der Waals surface area contributed by atoms with Gasteiger partial charge < -0.3 is 15.0 Å². The number of nitrogens with zero attached hydrogens (tertiary/aromatic N) is 1. The molecule has 0 aromatic carbocycles. The molecule has 0 fully saturated rings. The highest BCUT2D eigenvalue weighted by atomic mass is 16.5. The molecule has 17 heavy (non-hydrogen) atoms. The Balaban J connectivity index is 4.61. The lowest BCUT2D eigenvalue weighted by Crippen LogP contribution is -2.59. The van der Waals surface area contributed by atoms with Crippen molar-refractivity contribution in [1.82, 2.24) is 10.2 Å². The van der Waals surface area contributed by atoms with Crippen LogP contribution in [0.2, 0.25) is 0 Å². The zero-order valence-electron chi connectivity index (χ0n) is 12.8. The summed E-state index contributed by atoms with van der Waals surface area (Å²) in [6.45, 7) is 12.8. The Morgan fingerprint density at radius 1 is 1.24 bits per heavy atom. The zero-order chi connectivity index (χ0) is 13.5. The van der Waals surface area contributed by atoms with Gasteiger partial charge in [-0.15, -0.1) is 0 Å². The van der Waals surface area contributed by atoms with Gasteiger partial charge in [-0.05, 0) is 54.3 Å². The van der Waals surface area contributed by atoms with Crippen molar-refractivity contribution in [3.8, 4) is 0 Å². The summed E-state index contributed by atoms with van der Waals surface area (Å²) < 4.78 is 5.81. The van der Waals surface area contributed by atoms with Gasteiger partial charge in [0.05, 0.1) is 12.7 Å². The summed E-state index contributed by atoms with van der Waals surface area (Å²) in [4.78, 5) is 2.31. The van der Waals surface area contributed by atoms with E-state index in [9.17, 15) is 0 Å². The van der Waals surface area contributed by atoms with Gasteiger partial charge in [0, 0.05) is 11.6 Å². The molecule has 0 aliphatic rings. The lowest BCUT2D eigenvalue weighted by atomic mass is 9.88. The van der Waals surface area contributed by atoms with Crippen molar-refractivity contribution in [3.63, 3.8) is 0 Å². The van der Waals surface area contributed by atoms with Crippen molar-refractivity contribution >= 4 is 0 Å². The van der Waals surface area contributed by atoms with Crippen LogP contribution in [0.15, 0.2) is 0 Å². The topological polar surface area (TPSA) is 24.5 Å². The van der Waals surface area contributed by atoms with Crippen LogP contribution >= 0.6 is 0 Å². The van der Waals surface area contributed by atoms with Crippen molar-refractivity contribution in [2.75, 3.05) is 27.2 Å². The molecule has 0 aromatic rings. The van der Waals surface area contributed by atoms with Gasteiger partial charge in [-0.1, -0.05) is 13.8 Å². The Labute approximate surface area is 108 Å². The summed E-state index contributed by atoms with van der Waals surface area (Å²) in [7, 11) is 4.30. The quantitative estimate of drug-likeness (QED) is 0.674. The van der Waals surface area contributed by atoms with Crippen LogP contribution in [0, 0.1) is 0 Å². The molecule has 0 spiro atoms. The summed E-state index contributed by atoms with van der Waals surface area (Å²) in [6.07, 6.45) is 2.57. The second kappa shape index (κ2) is 8.06. The average molecular weight is 244 g/mol. The maximum Gasteiger partial charge on any atom is 0.0641 e. The first-order chi connectivity index (χ1) is 7.88. The van der Waals surface area contributed by atoms with Crippen LogP contribution in [-0.4, -0.2) is 49.8 Å². The molecule has 0 heterocycles. The minimum absolute atomic E-state index is 0.143. The number of hydrogen-bond acceptors (Lipinski definition) is 3.